The van der Waals surface area contributed by atoms with Crippen LogP contribution in [0.15, 0.2) is 24.3 Å². The van der Waals surface area contributed by atoms with Gasteiger partial charge in [0.05, 0.1) is 18.2 Å². The van der Waals surface area contributed by atoms with Crippen molar-refractivity contribution >= 4 is 11.9 Å². The summed E-state index contributed by atoms with van der Waals surface area (Å²) in [6, 6.07) is 7.55. The number of aliphatic hydroxyl groups is 1. The zero-order valence-corrected chi connectivity index (χ0v) is 26.4. The lowest BCUT2D eigenvalue weighted by molar-refractivity contribution is 0.0598. The Labute approximate surface area is 261 Å². The van der Waals surface area contributed by atoms with Crippen LogP contribution in [0.25, 0.3) is 22.8 Å². The molecule has 0 atom stereocenters. The number of carbonyl (C=O) groups excluding carboxylic acids is 1. The van der Waals surface area contributed by atoms with E-state index in [-0.39, 0.29) is 5.97 Å². The molecule has 4 N–H and O–H groups in total. The Bertz CT molecular complexity index is 1640. The van der Waals surface area contributed by atoms with Crippen LogP contribution >= 0.6 is 0 Å². The topological polar surface area (TPSA) is 185 Å². The number of aromatic nitrogens is 6. The van der Waals surface area contributed by atoms with Gasteiger partial charge in [0, 0.05) is 32.5 Å². The number of carboxylic acid groups (broad SMARTS) is 1. The first-order valence-corrected chi connectivity index (χ1v) is 14.6. The van der Waals surface area contributed by atoms with Crippen LogP contribution < -0.4 is 0 Å². The monoisotopic (exact) mass is 620 g/mol. The zero-order chi connectivity index (χ0) is 32.7. The second-order valence-electron chi connectivity index (χ2n) is 10.9. The third kappa shape index (κ3) is 7.98. The van der Waals surface area contributed by atoms with Gasteiger partial charge in [0.25, 0.3) is 0 Å². The van der Waals surface area contributed by atoms with Crippen LogP contribution in [0.1, 0.15) is 92.1 Å². The lowest BCUT2D eigenvalue weighted by Gasteiger charge is -2.11. The van der Waals surface area contributed by atoms with Gasteiger partial charge in [-0.05, 0) is 85.8 Å². The third-order valence-corrected chi connectivity index (χ3v) is 7.57. The van der Waals surface area contributed by atoms with E-state index in [0.717, 1.165) is 66.2 Å². The first-order valence-electron chi connectivity index (χ1n) is 14.6. The third-order valence-electron chi connectivity index (χ3n) is 7.57. The van der Waals surface area contributed by atoms with Crippen LogP contribution in [0.2, 0.25) is 0 Å². The molecule has 2 aliphatic carbocycles. The van der Waals surface area contributed by atoms with Crippen molar-refractivity contribution in [3.63, 3.8) is 0 Å². The molecule has 13 nitrogen and oxygen atoms in total. The van der Waals surface area contributed by atoms with E-state index in [2.05, 4.69) is 36.4 Å². The highest BCUT2D eigenvalue weighted by Gasteiger charge is 2.30. The Morgan fingerprint density at radius 3 is 1.56 bits per heavy atom. The Hall–Kier alpha value is -4.46. The fourth-order valence-corrected chi connectivity index (χ4v) is 5.11. The van der Waals surface area contributed by atoms with E-state index in [9.17, 15) is 14.7 Å². The summed E-state index contributed by atoms with van der Waals surface area (Å²) >= 11 is 0. The number of ether oxygens (including phenoxy) is 3. The molecule has 0 unspecified atom stereocenters. The van der Waals surface area contributed by atoms with Crippen molar-refractivity contribution in [3.05, 3.63) is 69.3 Å². The molecule has 2 saturated carbocycles. The fraction of sp³-hybridized carbons (Fsp3) is 0.438. The number of benzene rings is 2. The number of rotatable bonds is 10. The molecule has 0 spiro atoms. The van der Waals surface area contributed by atoms with E-state index in [0.29, 0.717) is 59.5 Å². The average molecular weight is 621 g/mol. The van der Waals surface area contributed by atoms with Gasteiger partial charge in [-0.1, -0.05) is 12.1 Å². The number of aliphatic hydroxyl groups excluding tert-OH is 1. The maximum atomic E-state index is 12.1. The highest BCUT2D eigenvalue weighted by molar-refractivity contribution is 5.93. The van der Waals surface area contributed by atoms with Crippen LogP contribution in [0.3, 0.4) is 0 Å². The number of carboxylic acids is 1. The van der Waals surface area contributed by atoms with Crippen LogP contribution in [-0.2, 0) is 27.4 Å². The highest BCUT2D eigenvalue weighted by atomic mass is 16.5. The SMILES string of the molecule is CO.COCc1nc(-c2cc(C(=O)O)c(C3CC3)cc2C)n[nH]1.COCc1nc(-c2cc(C(=O)OC)c(C3CC3)cc2C)n[nH]1. The number of nitrogens with zero attached hydrogens (tertiary/aromatic N) is 4. The van der Waals surface area contributed by atoms with Gasteiger partial charge in [-0.2, -0.15) is 10.2 Å². The standard InChI is InChI=1S/C16H19N3O3.C15H17N3O3.CH4O/c1-9-6-12(10-4-5-10)13(16(20)22-3)7-11(9)15-17-14(8-21-2)18-19-15;1-8-5-11(9-3-4-9)12(15(19)20)6-10(8)14-16-13(7-21-2)17-18-14;1-2/h6-7,10H,4-5,8H2,1-3H3,(H,17,18,19);5-6,9H,3-4,7H2,1-2H3,(H,19,20)(H,16,17,18);2H,1H3. The minimum absolute atomic E-state index is 0.309. The molecule has 2 aromatic heterocycles. The molecule has 45 heavy (non-hydrogen) atoms. The summed E-state index contributed by atoms with van der Waals surface area (Å²) in [7, 11) is 5.59. The Balaban J connectivity index is 0.000000194. The van der Waals surface area contributed by atoms with Gasteiger partial charge in [0.2, 0.25) is 0 Å². The molecule has 4 aromatic rings. The van der Waals surface area contributed by atoms with Crippen LogP contribution in [-0.4, -0.2) is 81.0 Å². The molecule has 240 valence electrons. The van der Waals surface area contributed by atoms with Gasteiger partial charge >= 0.3 is 11.9 Å². The summed E-state index contributed by atoms with van der Waals surface area (Å²) in [5.41, 5.74) is 6.60. The van der Waals surface area contributed by atoms with Gasteiger partial charge in [-0.25, -0.2) is 19.6 Å². The van der Waals surface area contributed by atoms with E-state index in [1.807, 2.05) is 26.0 Å². The average Bonchev–Trinajstić information content (AvgIpc) is 3.97. The van der Waals surface area contributed by atoms with Gasteiger partial charge in [0.1, 0.15) is 13.2 Å². The minimum Gasteiger partial charge on any atom is -0.478 e. The number of hydrogen-bond donors (Lipinski definition) is 4. The Morgan fingerprint density at radius 2 is 1.18 bits per heavy atom. The maximum Gasteiger partial charge on any atom is 0.338 e. The summed E-state index contributed by atoms with van der Waals surface area (Å²) in [6.07, 6.45) is 4.39. The van der Waals surface area contributed by atoms with E-state index < -0.39 is 5.97 Å². The molecule has 0 saturated heterocycles. The highest BCUT2D eigenvalue weighted by Crippen LogP contribution is 2.44. The largest absolute Gasteiger partial charge is 0.478 e. The molecule has 0 amide bonds. The maximum absolute atomic E-state index is 12.1. The lowest BCUT2D eigenvalue weighted by Crippen LogP contribution is -2.07. The number of methoxy groups -OCH3 is 3. The Kier molecular flexibility index (Phi) is 11.2. The van der Waals surface area contributed by atoms with Gasteiger partial charge in [-0.15, -0.1) is 0 Å². The summed E-state index contributed by atoms with van der Waals surface area (Å²) in [4.78, 5) is 32.3. The van der Waals surface area contributed by atoms with E-state index in [4.69, 9.17) is 19.3 Å². The predicted molar refractivity (Wildman–Crippen MR) is 165 cm³/mol. The lowest BCUT2D eigenvalue weighted by atomic mass is 9.96. The molecule has 13 heteroatoms. The van der Waals surface area contributed by atoms with Crippen molar-refractivity contribution in [1.82, 2.24) is 30.4 Å². The van der Waals surface area contributed by atoms with Crippen molar-refractivity contribution < 1.29 is 34.0 Å². The molecule has 0 bridgehead atoms. The van der Waals surface area contributed by atoms with Gasteiger partial charge in [0.15, 0.2) is 23.3 Å². The summed E-state index contributed by atoms with van der Waals surface area (Å²) in [5, 5.41) is 30.4. The fourth-order valence-electron chi connectivity index (χ4n) is 5.11. The molecular weight excluding hydrogens is 580 g/mol. The number of nitrogens with one attached hydrogen (secondary N) is 2. The molecule has 2 heterocycles. The van der Waals surface area contributed by atoms with Crippen molar-refractivity contribution in [1.29, 1.82) is 0 Å². The van der Waals surface area contributed by atoms with Crippen LogP contribution in [0.4, 0.5) is 0 Å². The smallest absolute Gasteiger partial charge is 0.338 e. The van der Waals surface area contributed by atoms with Crippen molar-refractivity contribution in [2.24, 2.45) is 0 Å². The number of aromatic amines is 2. The number of carbonyl (C=O) groups is 2. The summed E-state index contributed by atoms with van der Waals surface area (Å²) in [5.74, 6) is 2.00. The molecular formula is C32H40N6O7. The van der Waals surface area contributed by atoms with Gasteiger partial charge < -0.3 is 24.4 Å². The van der Waals surface area contributed by atoms with Crippen LogP contribution in [0.5, 0.6) is 0 Å². The van der Waals surface area contributed by atoms with Crippen molar-refractivity contribution in [2.45, 2.75) is 64.6 Å². The molecule has 0 aliphatic heterocycles. The van der Waals surface area contributed by atoms with Crippen LogP contribution in [0, 0.1) is 13.8 Å². The number of H-pyrrole nitrogens is 2. The number of aryl methyl sites for hydroxylation is 2. The van der Waals surface area contributed by atoms with E-state index in [1.165, 1.54) is 7.11 Å². The van der Waals surface area contributed by atoms with Crippen molar-refractivity contribution in [3.8, 4) is 22.8 Å². The van der Waals surface area contributed by atoms with Gasteiger partial charge in [-0.3, -0.25) is 10.2 Å². The number of esters is 1. The summed E-state index contributed by atoms with van der Waals surface area (Å²) < 4.78 is 15.0. The number of aromatic carboxylic acids is 1. The molecule has 6 rings (SSSR count). The van der Waals surface area contributed by atoms with E-state index >= 15 is 0 Å². The second kappa shape index (κ2) is 15.0. The normalized spacial score (nSPS) is 13.8. The second-order valence-corrected chi connectivity index (χ2v) is 10.9. The molecule has 0 radical (unpaired) electrons. The number of hydrogen-bond acceptors (Lipinski definition) is 10. The van der Waals surface area contributed by atoms with E-state index in [1.54, 1.807) is 20.3 Å². The predicted octanol–water partition coefficient (Wildman–Crippen LogP) is 4.70. The first kappa shape index (κ1) is 33.4. The summed E-state index contributed by atoms with van der Waals surface area (Å²) in [6.45, 7) is 4.68. The molecule has 2 aliphatic rings. The first-order chi connectivity index (χ1) is 21.7. The zero-order valence-electron chi connectivity index (χ0n) is 26.4. The molecule has 2 fully saturated rings. The molecule has 2 aromatic carbocycles. The quantitative estimate of drug-likeness (QED) is 0.180. The minimum atomic E-state index is -0.897. The van der Waals surface area contributed by atoms with Crippen molar-refractivity contribution in [2.75, 3.05) is 28.4 Å². The Morgan fingerprint density at radius 1 is 0.756 bits per heavy atom.